The van der Waals surface area contributed by atoms with Gasteiger partial charge in [0.25, 0.3) is 0 Å². The van der Waals surface area contributed by atoms with Crippen molar-refractivity contribution in [3.63, 3.8) is 0 Å². The molecule has 0 amide bonds. The standard InChI is InChI=1S/C13H15ClFN3/c1-8(2)6-18-7-12(16)13(17-18)9-3-4-11(15)10(14)5-9/h3-5,7-8H,6,16H2,1-2H3. The van der Waals surface area contributed by atoms with Gasteiger partial charge in [0.1, 0.15) is 11.5 Å². The normalized spacial score (nSPS) is 11.2. The summed E-state index contributed by atoms with van der Waals surface area (Å²) in [5.74, 6) is 0.0366. The van der Waals surface area contributed by atoms with E-state index in [1.165, 1.54) is 12.1 Å². The maximum absolute atomic E-state index is 13.1. The van der Waals surface area contributed by atoms with Crippen LogP contribution in [0.3, 0.4) is 0 Å². The Bertz CT molecular complexity index is 563. The second kappa shape index (κ2) is 4.98. The van der Waals surface area contributed by atoms with Crippen molar-refractivity contribution < 1.29 is 4.39 Å². The van der Waals surface area contributed by atoms with E-state index in [4.69, 9.17) is 17.3 Å². The van der Waals surface area contributed by atoms with Gasteiger partial charge in [-0.25, -0.2) is 4.39 Å². The second-order valence-corrected chi connectivity index (χ2v) is 5.09. The molecule has 0 saturated heterocycles. The molecular formula is C13H15ClFN3. The highest BCUT2D eigenvalue weighted by Crippen LogP contribution is 2.27. The molecule has 2 aromatic rings. The lowest BCUT2D eigenvalue weighted by molar-refractivity contribution is 0.484. The average molecular weight is 268 g/mol. The number of hydrogen-bond acceptors (Lipinski definition) is 2. The topological polar surface area (TPSA) is 43.8 Å². The molecule has 3 nitrogen and oxygen atoms in total. The van der Waals surface area contributed by atoms with Gasteiger partial charge in [-0.3, -0.25) is 4.68 Å². The van der Waals surface area contributed by atoms with E-state index in [0.717, 1.165) is 12.1 Å². The van der Waals surface area contributed by atoms with Crippen LogP contribution in [0.5, 0.6) is 0 Å². The van der Waals surface area contributed by atoms with Crippen molar-refractivity contribution in [3.05, 3.63) is 35.2 Å². The number of nitrogens with zero attached hydrogens (tertiary/aromatic N) is 2. The molecule has 0 bridgehead atoms. The monoisotopic (exact) mass is 267 g/mol. The van der Waals surface area contributed by atoms with E-state index in [1.807, 2.05) is 0 Å². The molecule has 1 aromatic heterocycles. The molecule has 1 heterocycles. The molecule has 18 heavy (non-hydrogen) atoms. The van der Waals surface area contributed by atoms with Crippen LogP contribution in [0.4, 0.5) is 10.1 Å². The Balaban J connectivity index is 2.38. The van der Waals surface area contributed by atoms with Crippen molar-refractivity contribution >= 4 is 17.3 Å². The molecule has 0 unspecified atom stereocenters. The van der Waals surface area contributed by atoms with Crippen molar-refractivity contribution in [1.29, 1.82) is 0 Å². The van der Waals surface area contributed by atoms with Gasteiger partial charge in [-0.15, -0.1) is 0 Å². The van der Waals surface area contributed by atoms with E-state index in [2.05, 4.69) is 18.9 Å². The van der Waals surface area contributed by atoms with Crippen LogP contribution in [-0.4, -0.2) is 9.78 Å². The fourth-order valence-electron chi connectivity index (χ4n) is 1.77. The van der Waals surface area contributed by atoms with Crippen molar-refractivity contribution in [2.75, 3.05) is 5.73 Å². The molecule has 0 aliphatic heterocycles. The lowest BCUT2D eigenvalue weighted by atomic mass is 10.1. The first kappa shape index (κ1) is 12.9. The Labute approximate surface area is 110 Å². The van der Waals surface area contributed by atoms with Crippen molar-refractivity contribution in [1.82, 2.24) is 9.78 Å². The molecule has 2 rings (SSSR count). The quantitative estimate of drug-likeness (QED) is 0.924. The van der Waals surface area contributed by atoms with Gasteiger partial charge in [-0.05, 0) is 24.1 Å². The third-order valence-electron chi connectivity index (χ3n) is 2.54. The second-order valence-electron chi connectivity index (χ2n) is 4.68. The number of rotatable bonds is 3. The molecule has 0 radical (unpaired) electrons. The van der Waals surface area contributed by atoms with Gasteiger partial charge >= 0.3 is 0 Å². The van der Waals surface area contributed by atoms with Crippen LogP contribution in [0.2, 0.25) is 5.02 Å². The third kappa shape index (κ3) is 2.64. The Morgan fingerprint density at radius 1 is 1.44 bits per heavy atom. The molecule has 96 valence electrons. The first-order valence-corrected chi connectivity index (χ1v) is 6.13. The molecule has 0 aliphatic carbocycles. The predicted molar refractivity (Wildman–Crippen MR) is 71.9 cm³/mol. The van der Waals surface area contributed by atoms with E-state index >= 15 is 0 Å². The van der Waals surface area contributed by atoms with E-state index < -0.39 is 5.82 Å². The zero-order valence-corrected chi connectivity index (χ0v) is 11.1. The number of halogens is 2. The minimum Gasteiger partial charge on any atom is -0.396 e. The highest BCUT2D eigenvalue weighted by atomic mass is 35.5. The summed E-state index contributed by atoms with van der Waals surface area (Å²) in [6.45, 7) is 5.00. The average Bonchev–Trinajstić information content (AvgIpc) is 2.62. The van der Waals surface area contributed by atoms with Crippen LogP contribution in [0.15, 0.2) is 24.4 Å². The van der Waals surface area contributed by atoms with Gasteiger partial charge in [0.05, 0.1) is 10.7 Å². The summed E-state index contributed by atoms with van der Waals surface area (Å²) in [5, 5.41) is 4.48. The highest BCUT2D eigenvalue weighted by Gasteiger charge is 2.11. The number of aromatic nitrogens is 2. The highest BCUT2D eigenvalue weighted by molar-refractivity contribution is 6.31. The van der Waals surface area contributed by atoms with Crippen LogP contribution < -0.4 is 5.73 Å². The summed E-state index contributed by atoms with van der Waals surface area (Å²) in [6.07, 6.45) is 1.78. The lowest BCUT2D eigenvalue weighted by Gasteiger charge is -2.04. The zero-order chi connectivity index (χ0) is 13.3. The molecule has 0 fully saturated rings. The fraction of sp³-hybridized carbons (Fsp3) is 0.308. The van der Waals surface area contributed by atoms with Crippen molar-refractivity contribution in [3.8, 4) is 11.3 Å². The Kier molecular flexibility index (Phi) is 3.57. The van der Waals surface area contributed by atoms with Gasteiger partial charge in [0.15, 0.2) is 0 Å². The van der Waals surface area contributed by atoms with Gasteiger partial charge in [0, 0.05) is 18.3 Å². The molecule has 0 atom stereocenters. The SMILES string of the molecule is CC(C)Cn1cc(N)c(-c2ccc(F)c(Cl)c2)n1. The van der Waals surface area contributed by atoms with Gasteiger partial charge in [0.2, 0.25) is 0 Å². The summed E-state index contributed by atoms with van der Waals surface area (Å²) in [6, 6.07) is 4.48. The van der Waals surface area contributed by atoms with E-state index in [1.54, 1.807) is 16.9 Å². The van der Waals surface area contributed by atoms with Crippen LogP contribution >= 0.6 is 11.6 Å². The molecule has 2 N–H and O–H groups in total. The predicted octanol–water partition coefficient (Wildman–Crippen LogP) is 3.58. The zero-order valence-electron chi connectivity index (χ0n) is 10.3. The van der Waals surface area contributed by atoms with Crippen LogP contribution in [0.1, 0.15) is 13.8 Å². The third-order valence-corrected chi connectivity index (χ3v) is 2.82. The molecule has 0 spiro atoms. The fourth-order valence-corrected chi connectivity index (χ4v) is 1.95. The molecule has 1 aromatic carbocycles. The van der Waals surface area contributed by atoms with Gasteiger partial charge in [-0.2, -0.15) is 5.10 Å². The van der Waals surface area contributed by atoms with E-state index in [0.29, 0.717) is 17.3 Å². The summed E-state index contributed by atoms with van der Waals surface area (Å²) < 4.78 is 14.9. The minimum absolute atomic E-state index is 0.0744. The number of nitrogens with two attached hydrogens (primary N) is 1. The number of anilines is 1. The summed E-state index contributed by atoms with van der Waals surface area (Å²) in [7, 11) is 0. The first-order valence-electron chi connectivity index (χ1n) is 5.75. The summed E-state index contributed by atoms with van der Waals surface area (Å²) in [4.78, 5) is 0. The molecule has 5 heteroatoms. The Morgan fingerprint density at radius 2 is 2.17 bits per heavy atom. The van der Waals surface area contributed by atoms with Gasteiger partial charge < -0.3 is 5.73 Å². The first-order chi connectivity index (χ1) is 8.47. The minimum atomic E-state index is -0.444. The Morgan fingerprint density at radius 3 is 2.78 bits per heavy atom. The van der Waals surface area contributed by atoms with Crippen LogP contribution in [0.25, 0.3) is 11.3 Å². The van der Waals surface area contributed by atoms with E-state index in [9.17, 15) is 4.39 Å². The van der Waals surface area contributed by atoms with Crippen molar-refractivity contribution in [2.45, 2.75) is 20.4 Å². The van der Waals surface area contributed by atoms with Crippen LogP contribution in [-0.2, 0) is 6.54 Å². The Hall–Kier alpha value is -1.55. The van der Waals surface area contributed by atoms with Crippen LogP contribution in [0, 0.1) is 11.7 Å². The maximum Gasteiger partial charge on any atom is 0.141 e. The number of nitrogen functional groups attached to an aromatic ring is 1. The molecular weight excluding hydrogens is 253 g/mol. The smallest absolute Gasteiger partial charge is 0.141 e. The van der Waals surface area contributed by atoms with Gasteiger partial charge in [-0.1, -0.05) is 25.4 Å². The summed E-state index contributed by atoms with van der Waals surface area (Å²) in [5.41, 5.74) is 7.85. The van der Waals surface area contributed by atoms with Crippen molar-refractivity contribution in [2.24, 2.45) is 5.92 Å². The maximum atomic E-state index is 13.1. The lowest BCUT2D eigenvalue weighted by Crippen LogP contribution is -2.04. The number of hydrogen-bond donors (Lipinski definition) is 1. The summed E-state index contributed by atoms with van der Waals surface area (Å²) >= 11 is 5.76. The van der Waals surface area contributed by atoms with E-state index in [-0.39, 0.29) is 5.02 Å². The largest absolute Gasteiger partial charge is 0.396 e. The number of benzene rings is 1. The molecule has 0 saturated carbocycles. The molecule has 0 aliphatic rings.